The topological polar surface area (TPSA) is 3.24 Å². The van der Waals surface area contributed by atoms with Crippen molar-refractivity contribution >= 4 is 80.1 Å². The molecule has 1 unspecified atom stereocenters. The molecule has 0 radical (unpaired) electrons. The van der Waals surface area contributed by atoms with E-state index in [1.807, 2.05) is 22.7 Å². The first-order valence-corrected chi connectivity index (χ1v) is 21.5. The molecule has 1 aliphatic rings. The largest absolute Gasteiger partial charge is 0.310 e. The van der Waals surface area contributed by atoms with Crippen LogP contribution in [0.5, 0.6) is 0 Å². The zero-order chi connectivity index (χ0) is 38.2. The molecule has 0 amide bonds. The van der Waals surface area contributed by atoms with Crippen molar-refractivity contribution in [3.63, 3.8) is 0 Å². The van der Waals surface area contributed by atoms with Gasteiger partial charge in [-0.25, -0.2) is 0 Å². The van der Waals surface area contributed by atoms with Gasteiger partial charge in [0, 0.05) is 57.4 Å². The molecule has 1 nitrogen and oxygen atoms in total. The fraction of sp³-hybridized carbons (Fsp3) is 0.0182. The molecule has 9 aromatic carbocycles. The van der Waals surface area contributed by atoms with Crippen LogP contribution < -0.4 is 4.90 Å². The first kappa shape index (κ1) is 33.4. The predicted octanol–water partition coefficient (Wildman–Crippen LogP) is 15.9. The van der Waals surface area contributed by atoms with E-state index >= 15 is 0 Å². The molecule has 2 aromatic heterocycles. The Morgan fingerprint density at radius 2 is 0.879 bits per heavy atom. The van der Waals surface area contributed by atoms with Gasteiger partial charge in [-0.05, 0) is 93.0 Å². The smallest absolute Gasteiger partial charge is 0.0728 e. The van der Waals surface area contributed by atoms with Crippen molar-refractivity contribution in [3.05, 3.63) is 235 Å². The second kappa shape index (κ2) is 13.1. The zero-order valence-electron chi connectivity index (χ0n) is 31.5. The monoisotopic (exact) mass is 773 g/mol. The average molecular weight is 774 g/mol. The van der Waals surface area contributed by atoms with Gasteiger partial charge in [-0.15, -0.1) is 22.7 Å². The lowest BCUT2D eigenvalue weighted by Gasteiger charge is -2.35. The second-order valence-corrected chi connectivity index (χ2v) is 17.3. The third-order valence-electron chi connectivity index (χ3n) is 12.2. The summed E-state index contributed by atoms with van der Waals surface area (Å²) in [6.45, 7) is 0. The van der Waals surface area contributed by atoms with E-state index in [-0.39, 0.29) is 0 Å². The highest BCUT2D eigenvalue weighted by Gasteiger charge is 2.47. The van der Waals surface area contributed by atoms with Gasteiger partial charge in [-0.1, -0.05) is 164 Å². The molecule has 0 aliphatic heterocycles. The summed E-state index contributed by atoms with van der Waals surface area (Å²) >= 11 is 3.78. The van der Waals surface area contributed by atoms with Crippen molar-refractivity contribution in [1.82, 2.24) is 0 Å². The van der Waals surface area contributed by atoms with Gasteiger partial charge in [0.05, 0.1) is 5.41 Å². The molecule has 0 N–H and O–H groups in total. The lowest BCUT2D eigenvalue weighted by Crippen LogP contribution is -2.29. The number of hydrogen-bond donors (Lipinski definition) is 0. The molecule has 0 saturated carbocycles. The Bertz CT molecular complexity index is 3340. The number of thiophene rings is 2. The molecular weight excluding hydrogens is 739 g/mol. The first-order valence-electron chi connectivity index (χ1n) is 19.8. The van der Waals surface area contributed by atoms with Crippen molar-refractivity contribution in [2.45, 2.75) is 5.41 Å². The van der Waals surface area contributed by atoms with Gasteiger partial charge in [0.25, 0.3) is 0 Å². The van der Waals surface area contributed by atoms with Crippen molar-refractivity contribution in [1.29, 1.82) is 0 Å². The van der Waals surface area contributed by atoms with Crippen LogP contribution in [0, 0.1) is 0 Å². The van der Waals surface area contributed by atoms with E-state index in [9.17, 15) is 0 Å². The van der Waals surface area contributed by atoms with Gasteiger partial charge in [0.1, 0.15) is 0 Å². The number of benzene rings is 9. The van der Waals surface area contributed by atoms with E-state index < -0.39 is 5.41 Å². The minimum Gasteiger partial charge on any atom is -0.310 e. The average Bonchev–Trinajstić information content (AvgIpc) is 3.95. The molecule has 58 heavy (non-hydrogen) atoms. The number of hydrogen-bond acceptors (Lipinski definition) is 3. The van der Waals surface area contributed by atoms with E-state index in [2.05, 4.69) is 217 Å². The van der Waals surface area contributed by atoms with Gasteiger partial charge in [0.15, 0.2) is 0 Å². The summed E-state index contributed by atoms with van der Waals surface area (Å²) in [6.07, 6.45) is 0. The molecule has 11 aromatic rings. The third kappa shape index (κ3) is 4.94. The van der Waals surface area contributed by atoms with Crippen molar-refractivity contribution in [2.24, 2.45) is 0 Å². The molecule has 1 atom stereocenters. The Kier molecular flexibility index (Phi) is 7.56. The summed E-state index contributed by atoms with van der Waals surface area (Å²) in [4.78, 5) is 2.46. The quantitative estimate of drug-likeness (QED) is 0.163. The van der Waals surface area contributed by atoms with Gasteiger partial charge in [-0.2, -0.15) is 0 Å². The van der Waals surface area contributed by atoms with Crippen molar-refractivity contribution < 1.29 is 0 Å². The summed E-state index contributed by atoms with van der Waals surface area (Å²) in [6, 6.07) is 78.8. The van der Waals surface area contributed by atoms with Crippen LogP contribution in [0.25, 0.3) is 62.6 Å². The van der Waals surface area contributed by atoms with Crippen LogP contribution in [0.15, 0.2) is 212 Å². The summed E-state index contributed by atoms with van der Waals surface area (Å²) in [7, 11) is 0. The molecule has 1 aliphatic carbocycles. The maximum absolute atomic E-state index is 2.49. The van der Waals surface area contributed by atoms with Gasteiger partial charge in [-0.3, -0.25) is 0 Å². The van der Waals surface area contributed by atoms with Crippen LogP contribution >= 0.6 is 22.7 Å². The summed E-state index contributed by atoms with van der Waals surface area (Å²) in [5.41, 5.74) is 13.0. The molecule has 0 fully saturated rings. The van der Waals surface area contributed by atoms with E-state index in [0.29, 0.717) is 0 Å². The highest BCUT2D eigenvalue weighted by Crippen LogP contribution is 2.59. The van der Waals surface area contributed by atoms with Crippen LogP contribution in [0.2, 0.25) is 0 Å². The Labute approximate surface area is 345 Å². The zero-order valence-corrected chi connectivity index (χ0v) is 33.1. The fourth-order valence-electron chi connectivity index (χ4n) is 9.63. The van der Waals surface area contributed by atoms with Crippen molar-refractivity contribution in [3.8, 4) is 22.3 Å². The molecule has 12 rings (SSSR count). The van der Waals surface area contributed by atoms with E-state index in [1.165, 1.54) is 84.9 Å². The van der Waals surface area contributed by atoms with Crippen molar-refractivity contribution in [2.75, 3.05) is 4.90 Å². The predicted molar refractivity (Wildman–Crippen MR) is 250 cm³/mol. The lowest BCUT2D eigenvalue weighted by molar-refractivity contribution is 0.777. The molecular formula is C55H35NS2. The molecule has 0 bridgehead atoms. The maximum Gasteiger partial charge on any atom is 0.0728 e. The Morgan fingerprint density at radius 3 is 1.69 bits per heavy atom. The third-order valence-corrected chi connectivity index (χ3v) is 14.5. The van der Waals surface area contributed by atoms with Gasteiger partial charge < -0.3 is 4.90 Å². The lowest BCUT2D eigenvalue weighted by atomic mass is 9.67. The van der Waals surface area contributed by atoms with Crippen LogP contribution in [0.3, 0.4) is 0 Å². The summed E-state index contributed by atoms with van der Waals surface area (Å²) in [5.74, 6) is 0. The molecule has 2 heterocycles. The fourth-order valence-corrected chi connectivity index (χ4v) is 12.0. The molecule has 272 valence electrons. The SMILES string of the molecule is c1ccc(-c2ccc(N(c3ccc4c(c3)C(c3ccccc3)(c3cccc5c3sc3ccccc35)c3ccccc3-4)c3ccc4c(c3)sc3ccccc34)cc2)cc1. The minimum atomic E-state index is -0.554. The number of nitrogens with zero attached hydrogens (tertiary/aromatic N) is 1. The van der Waals surface area contributed by atoms with Gasteiger partial charge in [0.2, 0.25) is 0 Å². The number of anilines is 3. The van der Waals surface area contributed by atoms with Crippen LogP contribution in [0.1, 0.15) is 22.3 Å². The van der Waals surface area contributed by atoms with E-state index in [1.54, 1.807) is 0 Å². The minimum absolute atomic E-state index is 0.554. The first-order chi connectivity index (χ1) is 28.8. The highest BCUT2D eigenvalue weighted by molar-refractivity contribution is 7.26. The van der Waals surface area contributed by atoms with Crippen LogP contribution in [-0.2, 0) is 5.41 Å². The highest BCUT2D eigenvalue weighted by atomic mass is 32.1. The number of fused-ring (bicyclic) bond motifs is 9. The van der Waals surface area contributed by atoms with Crippen LogP contribution in [0.4, 0.5) is 17.1 Å². The standard InChI is InChI=1S/C55H35NS2/c1-3-14-36(15-4-1)37-26-28-39(29-27-37)56(41-31-33-46-44-19-8-11-24-51(44)57-53(46)35-41)40-30-32-43-42-18-7-10-22-48(42)55(50(43)34-40,38-16-5-2-6-17-38)49-23-13-21-47-45-20-9-12-25-52(45)58-54(47)49/h1-35H. The molecule has 0 saturated heterocycles. The van der Waals surface area contributed by atoms with E-state index in [4.69, 9.17) is 0 Å². The Hall–Kier alpha value is -6.78. The van der Waals surface area contributed by atoms with Gasteiger partial charge >= 0.3 is 0 Å². The van der Waals surface area contributed by atoms with Crippen LogP contribution in [-0.4, -0.2) is 0 Å². The normalized spacial score (nSPS) is 14.6. The summed E-state index contributed by atoms with van der Waals surface area (Å²) in [5, 5.41) is 5.24. The molecule has 3 heteroatoms. The number of rotatable bonds is 6. The molecule has 0 spiro atoms. The summed E-state index contributed by atoms with van der Waals surface area (Å²) < 4.78 is 5.25. The Balaban J connectivity index is 1.13. The Morgan fingerprint density at radius 1 is 0.328 bits per heavy atom. The second-order valence-electron chi connectivity index (χ2n) is 15.2. The maximum atomic E-state index is 2.49. The van der Waals surface area contributed by atoms with E-state index in [0.717, 1.165) is 17.1 Å².